The van der Waals surface area contributed by atoms with E-state index in [4.69, 9.17) is 21.1 Å². The molecule has 0 aliphatic rings. The molecule has 7 nitrogen and oxygen atoms in total. The quantitative estimate of drug-likeness (QED) is 0.623. The van der Waals surface area contributed by atoms with Crippen molar-refractivity contribution in [1.29, 1.82) is 0 Å². The third kappa shape index (κ3) is 5.58. The Morgan fingerprint density at radius 2 is 1.77 bits per heavy atom. The van der Waals surface area contributed by atoms with Crippen molar-refractivity contribution in [2.24, 2.45) is 0 Å². The molecule has 0 saturated heterocycles. The zero-order valence-corrected chi connectivity index (χ0v) is 19.3. The van der Waals surface area contributed by atoms with Crippen LogP contribution < -0.4 is 19.1 Å². The molecule has 2 aromatic rings. The molecule has 164 valence electrons. The Hall–Kier alpha value is -2.45. The Morgan fingerprint density at radius 1 is 1.13 bits per heavy atom. The fraction of sp³-hybridized carbons (Fsp3) is 0.381. The SMILES string of the molecule is CC[C@H](NC(=O)[C@H](C)N(c1ccc(OC)c(Cl)c1)S(C)(=O)=O)c1ccc(OC)cc1. The fourth-order valence-electron chi connectivity index (χ4n) is 3.15. The predicted octanol–water partition coefficient (Wildman–Crippen LogP) is 3.78. The molecule has 0 aliphatic heterocycles. The van der Waals surface area contributed by atoms with Crippen molar-refractivity contribution >= 4 is 33.2 Å². The van der Waals surface area contributed by atoms with E-state index in [0.717, 1.165) is 16.1 Å². The molecule has 0 bridgehead atoms. The van der Waals surface area contributed by atoms with Gasteiger partial charge in [-0.25, -0.2) is 8.42 Å². The number of sulfonamides is 1. The van der Waals surface area contributed by atoms with E-state index in [1.54, 1.807) is 19.2 Å². The van der Waals surface area contributed by atoms with Crippen LogP contribution in [0.2, 0.25) is 5.02 Å². The molecule has 30 heavy (non-hydrogen) atoms. The summed E-state index contributed by atoms with van der Waals surface area (Å²) in [7, 11) is -0.706. The highest BCUT2D eigenvalue weighted by atomic mass is 35.5. The maximum Gasteiger partial charge on any atom is 0.244 e. The van der Waals surface area contributed by atoms with Crippen LogP contribution in [0.4, 0.5) is 5.69 Å². The lowest BCUT2D eigenvalue weighted by molar-refractivity contribution is -0.122. The molecular formula is C21H27ClN2O5S. The van der Waals surface area contributed by atoms with Crippen molar-refractivity contribution in [3.63, 3.8) is 0 Å². The number of ether oxygens (including phenoxy) is 2. The van der Waals surface area contributed by atoms with Crippen molar-refractivity contribution in [2.45, 2.75) is 32.4 Å². The Labute approximate surface area is 183 Å². The molecule has 0 heterocycles. The van der Waals surface area contributed by atoms with Crippen LogP contribution in [0.3, 0.4) is 0 Å². The number of nitrogens with zero attached hydrogens (tertiary/aromatic N) is 1. The summed E-state index contributed by atoms with van der Waals surface area (Å²) < 4.78 is 36.3. The average Bonchev–Trinajstić information content (AvgIpc) is 2.71. The molecule has 2 atom stereocenters. The number of hydrogen-bond donors (Lipinski definition) is 1. The summed E-state index contributed by atoms with van der Waals surface area (Å²) in [4.78, 5) is 13.0. The molecule has 2 rings (SSSR count). The predicted molar refractivity (Wildman–Crippen MR) is 119 cm³/mol. The number of methoxy groups -OCH3 is 2. The largest absolute Gasteiger partial charge is 0.497 e. The van der Waals surface area contributed by atoms with Crippen LogP contribution in [0, 0.1) is 0 Å². The summed E-state index contributed by atoms with van der Waals surface area (Å²) in [6.45, 7) is 3.48. The molecule has 0 spiro atoms. The Morgan fingerprint density at radius 3 is 2.23 bits per heavy atom. The minimum absolute atomic E-state index is 0.251. The minimum Gasteiger partial charge on any atom is -0.497 e. The molecule has 9 heteroatoms. The van der Waals surface area contributed by atoms with Crippen molar-refractivity contribution < 1.29 is 22.7 Å². The fourth-order valence-corrected chi connectivity index (χ4v) is 4.57. The first-order valence-electron chi connectivity index (χ1n) is 9.39. The van der Waals surface area contributed by atoms with Gasteiger partial charge in [-0.15, -0.1) is 0 Å². The van der Waals surface area contributed by atoms with E-state index in [9.17, 15) is 13.2 Å². The molecule has 0 aliphatic carbocycles. The molecular weight excluding hydrogens is 428 g/mol. The van der Waals surface area contributed by atoms with Gasteiger partial charge in [-0.2, -0.15) is 0 Å². The number of anilines is 1. The second-order valence-corrected chi connectivity index (χ2v) is 9.06. The number of carbonyl (C=O) groups excluding carboxylic acids is 1. The van der Waals surface area contributed by atoms with Gasteiger partial charge in [-0.05, 0) is 49.2 Å². The van der Waals surface area contributed by atoms with Crippen LogP contribution >= 0.6 is 11.6 Å². The number of benzene rings is 2. The van der Waals surface area contributed by atoms with Gasteiger partial charge in [-0.1, -0.05) is 30.7 Å². The van der Waals surface area contributed by atoms with Crippen LogP contribution in [0.25, 0.3) is 0 Å². The first-order valence-corrected chi connectivity index (χ1v) is 11.6. The summed E-state index contributed by atoms with van der Waals surface area (Å²) in [6, 6.07) is 10.7. The van der Waals surface area contributed by atoms with Gasteiger partial charge in [0, 0.05) is 0 Å². The summed E-state index contributed by atoms with van der Waals surface area (Å²) in [6.07, 6.45) is 1.69. The molecule has 0 unspecified atom stereocenters. The third-order valence-corrected chi connectivity index (χ3v) is 6.26. The zero-order valence-electron chi connectivity index (χ0n) is 17.7. The lowest BCUT2D eigenvalue weighted by Gasteiger charge is -2.30. The normalized spacial score (nSPS) is 13.3. The van der Waals surface area contributed by atoms with Gasteiger partial charge in [0.05, 0.1) is 37.2 Å². The van der Waals surface area contributed by atoms with E-state index < -0.39 is 22.0 Å². The molecule has 1 N–H and O–H groups in total. The number of carbonyl (C=O) groups is 1. The highest BCUT2D eigenvalue weighted by Gasteiger charge is 2.30. The summed E-state index contributed by atoms with van der Waals surface area (Å²) in [5.74, 6) is 0.708. The molecule has 0 aromatic heterocycles. The monoisotopic (exact) mass is 454 g/mol. The van der Waals surface area contributed by atoms with Crippen molar-refractivity contribution in [2.75, 3.05) is 24.8 Å². The van der Waals surface area contributed by atoms with Crippen LogP contribution in [0.1, 0.15) is 31.9 Å². The number of nitrogens with one attached hydrogen (secondary N) is 1. The van der Waals surface area contributed by atoms with Gasteiger partial charge in [0.15, 0.2) is 0 Å². The summed E-state index contributed by atoms with van der Waals surface area (Å²) in [5, 5.41) is 3.19. The van der Waals surface area contributed by atoms with Gasteiger partial charge >= 0.3 is 0 Å². The van der Waals surface area contributed by atoms with Gasteiger partial charge < -0.3 is 14.8 Å². The van der Waals surface area contributed by atoms with Gasteiger partial charge in [-0.3, -0.25) is 9.10 Å². The molecule has 2 aromatic carbocycles. The zero-order chi connectivity index (χ0) is 22.5. The second-order valence-electron chi connectivity index (χ2n) is 6.80. The summed E-state index contributed by atoms with van der Waals surface area (Å²) in [5.41, 5.74) is 1.18. The van der Waals surface area contributed by atoms with E-state index in [0.29, 0.717) is 17.9 Å². The van der Waals surface area contributed by atoms with Crippen molar-refractivity contribution in [1.82, 2.24) is 5.32 Å². The number of rotatable bonds is 9. The topological polar surface area (TPSA) is 84.9 Å². The highest BCUT2D eigenvalue weighted by Crippen LogP contribution is 2.31. The Kier molecular flexibility index (Phi) is 7.97. The summed E-state index contributed by atoms with van der Waals surface area (Å²) >= 11 is 6.16. The average molecular weight is 455 g/mol. The van der Waals surface area contributed by atoms with Crippen LogP contribution in [0.15, 0.2) is 42.5 Å². The van der Waals surface area contributed by atoms with Crippen LogP contribution in [0.5, 0.6) is 11.5 Å². The van der Waals surface area contributed by atoms with Gasteiger partial charge in [0.25, 0.3) is 0 Å². The van der Waals surface area contributed by atoms with Gasteiger partial charge in [0.2, 0.25) is 15.9 Å². The number of amides is 1. The number of halogens is 1. The van der Waals surface area contributed by atoms with E-state index in [1.807, 2.05) is 31.2 Å². The van der Waals surface area contributed by atoms with Crippen molar-refractivity contribution in [3.8, 4) is 11.5 Å². The maximum atomic E-state index is 13.0. The third-order valence-electron chi connectivity index (χ3n) is 4.72. The van der Waals surface area contributed by atoms with E-state index in [-0.39, 0.29) is 16.8 Å². The molecule has 0 radical (unpaired) electrons. The lowest BCUT2D eigenvalue weighted by atomic mass is 10.0. The number of hydrogen-bond acceptors (Lipinski definition) is 5. The molecule has 0 fully saturated rings. The Bertz CT molecular complexity index is 979. The van der Waals surface area contributed by atoms with E-state index in [2.05, 4.69) is 5.32 Å². The second kappa shape index (κ2) is 10.0. The standard InChI is InChI=1S/C21H27ClN2O5S/c1-6-19(15-7-10-17(28-3)11-8-15)23-21(25)14(2)24(30(5,26)27)16-9-12-20(29-4)18(22)13-16/h7-14,19H,6H2,1-5H3,(H,23,25)/t14-,19-/m0/s1. The highest BCUT2D eigenvalue weighted by molar-refractivity contribution is 7.92. The first-order chi connectivity index (χ1) is 14.1. The van der Waals surface area contributed by atoms with Gasteiger partial charge in [0.1, 0.15) is 17.5 Å². The minimum atomic E-state index is -3.76. The van der Waals surface area contributed by atoms with Crippen LogP contribution in [-0.2, 0) is 14.8 Å². The lowest BCUT2D eigenvalue weighted by Crippen LogP contribution is -2.48. The van der Waals surface area contributed by atoms with E-state index in [1.165, 1.54) is 20.1 Å². The first kappa shape index (κ1) is 23.8. The maximum absolute atomic E-state index is 13.0. The molecule has 0 saturated carbocycles. The smallest absolute Gasteiger partial charge is 0.244 e. The Balaban J connectivity index is 2.29. The van der Waals surface area contributed by atoms with Crippen molar-refractivity contribution in [3.05, 3.63) is 53.1 Å². The van der Waals surface area contributed by atoms with Crippen LogP contribution in [-0.4, -0.2) is 40.8 Å². The van der Waals surface area contributed by atoms with E-state index >= 15 is 0 Å². The molecule has 1 amide bonds.